The third-order valence-corrected chi connectivity index (χ3v) is 3.06. The summed E-state index contributed by atoms with van der Waals surface area (Å²) in [5.41, 5.74) is 8.14. The van der Waals surface area contributed by atoms with E-state index in [1.807, 2.05) is 37.3 Å². The molecule has 0 saturated carbocycles. The Morgan fingerprint density at radius 2 is 2.10 bits per heavy atom. The van der Waals surface area contributed by atoms with Gasteiger partial charge in [0.2, 0.25) is 0 Å². The number of ether oxygens (including phenoxy) is 1. The SMILES string of the molecule is Cc1ccc(OC(C)C(=O)Nc2ccccc2CN)cn1. The quantitative estimate of drug-likeness (QED) is 0.883. The smallest absolute Gasteiger partial charge is 0.265 e. The van der Waals surface area contributed by atoms with Crippen molar-refractivity contribution in [2.75, 3.05) is 5.32 Å². The Morgan fingerprint density at radius 3 is 2.76 bits per heavy atom. The van der Waals surface area contributed by atoms with E-state index in [0.717, 1.165) is 11.3 Å². The highest BCUT2D eigenvalue weighted by molar-refractivity contribution is 5.94. The Kier molecular flexibility index (Phi) is 4.90. The van der Waals surface area contributed by atoms with Gasteiger partial charge in [-0.2, -0.15) is 0 Å². The van der Waals surface area contributed by atoms with E-state index >= 15 is 0 Å². The van der Waals surface area contributed by atoms with Crippen LogP contribution >= 0.6 is 0 Å². The summed E-state index contributed by atoms with van der Waals surface area (Å²) in [4.78, 5) is 16.3. The van der Waals surface area contributed by atoms with Gasteiger partial charge in [-0.25, -0.2) is 0 Å². The summed E-state index contributed by atoms with van der Waals surface area (Å²) in [6, 6.07) is 11.1. The molecule has 1 atom stereocenters. The van der Waals surface area contributed by atoms with E-state index in [-0.39, 0.29) is 5.91 Å². The van der Waals surface area contributed by atoms with Crippen LogP contribution in [0.1, 0.15) is 18.2 Å². The highest BCUT2D eigenvalue weighted by Gasteiger charge is 2.16. The molecule has 0 aliphatic rings. The van der Waals surface area contributed by atoms with Gasteiger partial charge in [0.1, 0.15) is 5.75 Å². The lowest BCUT2D eigenvalue weighted by Gasteiger charge is -2.16. The fraction of sp³-hybridized carbons (Fsp3) is 0.250. The zero-order valence-corrected chi connectivity index (χ0v) is 12.2. The third kappa shape index (κ3) is 4.03. The Bertz CT molecular complexity index is 611. The van der Waals surface area contributed by atoms with Gasteiger partial charge < -0.3 is 15.8 Å². The van der Waals surface area contributed by atoms with Gasteiger partial charge in [-0.1, -0.05) is 18.2 Å². The van der Waals surface area contributed by atoms with Crippen molar-refractivity contribution in [3.8, 4) is 5.75 Å². The van der Waals surface area contributed by atoms with Crippen molar-refractivity contribution in [3.05, 3.63) is 53.9 Å². The topological polar surface area (TPSA) is 77.2 Å². The van der Waals surface area contributed by atoms with Crippen LogP contribution in [0.3, 0.4) is 0 Å². The molecular weight excluding hydrogens is 266 g/mol. The van der Waals surface area contributed by atoms with Crippen molar-refractivity contribution < 1.29 is 9.53 Å². The van der Waals surface area contributed by atoms with E-state index in [1.54, 1.807) is 19.2 Å². The molecule has 0 fully saturated rings. The monoisotopic (exact) mass is 285 g/mol. The number of carbonyl (C=O) groups excluding carboxylic acids is 1. The first-order chi connectivity index (χ1) is 10.1. The van der Waals surface area contributed by atoms with E-state index in [2.05, 4.69) is 10.3 Å². The second kappa shape index (κ2) is 6.85. The first kappa shape index (κ1) is 15.0. The van der Waals surface area contributed by atoms with Crippen LogP contribution in [0, 0.1) is 6.92 Å². The van der Waals surface area contributed by atoms with Gasteiger partial charge in [0, 0.05) is 17.9 Å². The summed E-state index contributed by atoms with van der Waals surface area (Å²) < 4.78 is 5.57. The molecule has 3 N–H and O–H groups in total. The number of pyridine rings is 1. The van der Waals surface area contributed by atoms with E-state index in [4.69, 9.17) is 10.5 Å². The van der Waals surface area contributed by atoms with Gasteiger partial charge in [-0.05, 0) is 37.6 Å². The number of nitrogens with two attached hydrogens (primary N) is 1. The van der Waals surface area contributed by atoms with E-state index in [0.29, 0.717) is 18.0 Å². The summed E-state index contributed by atoms with van der Waals surface area (Å²) in [6.45, 7) is 3.96. The number of aryl methyl sites for hydroxylation is 1. The molecular formula is C16H19N3O2. The van der Waals surface area contributed by atoms with Crippen molar-refractivity contribution in [1.29, 1.82) is 0 Å². The van der Waals surface area contributed by atoms with Gasteiger partial charge in [-0.15, -0.1) is 0 Å². The zero-order valence-electron chi connectivity index (χ0n) is 12.2. The predicted molar refractivity (Wildman–Crippen MR) is 82.0 cm³/mol. The lowest BCUT2D eigenvalue weighted by atomic mass is 10.1. The molecule has 110 valence electrons. The van der Waals surface area contributed by atoms with Crippen molar-refractivity contribution in [1.82, 2.24) is 4.98 Å². The average Bonchev–Trinajstić information content (AvgIpc) is 2.50. The minimum absolute atomic E-state index is 0.225. The van der Waals surface area contributed by atoms with Gasteiger partial charge in [0.15, 0.2) is 6.10 Å². The molecule has 0 saturated heterocycles. The maximum absolute atomic E-state index is 12.2. The lowest BCUT2D eigenvalue weighted by Crippen LogP contribution is -2.30. The van der Waals surface area contributed by atoms with Crippen LogP contribution < -0.4 is 15.8 Å². The highest BCUT2D eigenvalue weighted by atomic mass is 16.5. The van der Waals surface area contributed by atoms with Crippen molar-refractivity contribution >= 4 is 11.6 Å². The molecule has 1 heterocycles. The van der Waals surface area contributed by atoms with E-state index in [9.17, 15) is 4.79 Å². The number of carbonyl (C=O) groups is 1. The van der Waals surface area contributed by atoms with Crippen LogP contribution in [0.4, 0.5) is 5.69 Å². The summed E-state index contributed by atoms with van der Waals surface area (Å²) in [6.07, 6.45) is 0.979. The molecule has 1 aromatic carbocycles. The molecule has 21 heavy (non-hydrogen) atoms. The Morgan fingerprint density at radius 1 is 1.33 bits per heavy atom. The minimum atomic E-state index is -0.625. The van der Waals surface area contributed by atoms with Crippen LogP contribution in [0.2, 0.25) is 0 Å². The number of hydrogen-bond donors (Lipinski definition) is 2. The molecule has 0 aliphatic heterocycles. The van der Waals surface area contributed by atoms with Crippen molar-refractivity contribution in [3.63, 3.8) is 0 Å². The molecule has 5 nitrogen and oxygen atoms in total. The number of aromatic nitrogens is 1. The van der Waals surface area contributed by atoms with Crippen LogP contribution in [-0.4, -0.2) is 17.0 Å². The van der Waals surface area contributed by atoms with Crippen LogP contribution in [0.25, 0.3) is 0 Å². The van der Waals surface area contributed by atoms with Crippen LogP contribution in [0.15, 0.2) is 42.6 Å². The number of hydrogen-bond acceptors (Lipinski definition) is 4. The molecule has 0 aliphatic carbocycles. The standard InChI is InChI=1S/C16H19N3O2/c1-11-7-8-14(10-18-11)21-12(2)16(20)19-15-6-4-3-5-13(15)9-17/h3-8,10,12H,9,17H2,1-2H3,(H,19,20). The first-order valence-corrected chi connectivity index (χ1v) is 6.78. The second-order valence-electron chi connectivity index (χ2n) is 4.75. The third-order valence-electron chi connectivity index (χ3n) is 3.06. The lowest BCUT2D eigenvalue weighted by molar-refractivity contribution is -0.122. The Hall–Kier alpha value is -2.40. The van der Waals surface area contributed by atoms with Gasteiger partial charge in [0.25, 0.3) is 5.91 Å². The number of nitrogens with zero attached hydrogens (tertiary/aromatic N) is 1. The number of anilines is 1. The first-order valence-electron chi connectivity index (χ1n) is 6.78. The maximum Gasteiger partial charge on any atom is 0.265 e. The summed E-state index contributed by atoms with van der Waals surface area (Å²) in [5.74, 6) is 0.340. The second-order valence-corrected chi connectivity index (χ2v) is 4.75. The van der Waals surface area contributed by atoms with E-state index in [1.165, 1.54) is 0 Å². The molecule has 0 bridgehead atoms. The molecule has 1 amide bonds. The minimum Gasteiger partial charge on any atom is -0.479 e. The number of amides is 1. The van der Waals surface area contributed by atoms with Crippen molar-refractivity contribution in [2.24, 2.45) is 5.73 Å². The fourth-order valence-electron chi connectivity index (χ4n) is 1.84. The predicted octanol–water partition coefficient (Wildman–Crippen LogP) is 2.25. The van der Waals surface area contributed by atoms with Gasteiger partial charge in [-0.3, -0.25) is 9.78 Å². The van der Waals surface area contributed by atoms with Gasteiger partial charge >= 0.3 is 0 Å². The zero-order chi connectivity index (χ0) is 15.2. The highest BCUT2D eigenvalue weighted by Crippen LogP contribution is 2.16. The average molecular weight is 285 g/mol. The molecule has 2 rings (SSSR count). The molecule has 0 radical (unpaired) electrons. The molecule has 1 aromatic heterocycles. The summed E-state index contributed by atoms with van der Waals surface area (Å²) >= 11 is 0. The van der Waals surface area contributed by atoms with Crippen molar-refractivity contribution in [2.45, 2.75) is 26.5 Å². The van der Waals surface area contributed by atoms with Crippen LogP contribution in [0.5, 0.6) is 5.75 Å². The molecule has 0 spiro atoms. The number of para-hydroxylation sites is 1. The van der Waals surface area contributed by atoms with E-state index < -0.39 is 6.10 Å². The molecule has 2 aromatic rings. The normalized spacial score (nSPS) is 11.8. The Labute approximate surface area is 124 Å². The molecule has 1 unspecified atom stereocenters. The number of benzene rings is 1. The number of rotatable bonds is 5. The largest absolute Gasteiger partial charge is 0.479 e. The van der Waals surface area contributed by atoms with Gasteiger partial charge in [0.05, 0.1) is 6.20 Å². The maximum atomic E-state index is 12.2. The van der Waals surface area contributed by atoms with Crippen LogP contribution in [-0.2, 0) is 11.3 Å². The summed E-state index contributed by atoms with van der Waals surface area (Å²) in [7, 11) is 0. The number of nitrogens with one attached hydrogen (secondary N) is 1. The molecule has 5 heteroatoms. The summed E-state index contributed by atoms with van der Waals surface area (Å²) in [5, 5.41) is 2.83. The Balaban J connectivity index is 2.01. The fourth-order valence-corrected chi connectivity index (χ4v) is 1.84.